The third-order valence-electron chi connectivity index (χ3n) is 2.39. The number of rotatable bonds is 6. The minimum atomic E-state index is -0.889. The molecular formula is C10H17N3O3. The Balaban J connectivity index is 2.91. The average molecular weight is 227 g/mol. The number of aromatic nitrogens is 3. The van der Waals surface area contributed by atoms with Crippen molar-refractivity contribution in [1.82, 2.24) is 14.8 Å². The van der Waals surface area contributed by atoms with Crippen LogP contribution in [0, 0.1) is 5.92 Å². The summed E-state index contributed by atoms with van der Waals surface area (Å²) >= 11 is 0. The molecule has 1 unspecified atom stereocenters. The molecule has 0 aliphatic carbocycles. The maximum atomic E-state index is 11.1. The topological polar surface area (TPSA) is 88.2 Å². The van der Waals surface area contributed by atoms with Crippen molar-refractivity contribution in [3.63, 3.8) is 0 Å². The maximum absolute atomic E-state index is 11.1. The van der Waals surface area contributed by atoms with E-state index in [4.69, 9.17) is 10.2 Å². The number of carbonyl (C=O) groups is 1. The number of aliphatic hydroxyl groups is 1. The van der Waals surface area contributed by atoms with Gasteiger partial charge >= 0.3 is 5.97 Å². The SMILES string of the molecule is CC(C)C(C(=O)O)n1cnnc1CCCO. The Hall–Kier alpha value is -1.43. The number of carboxylic acid groups (broad SMARTS) is 1. The maximum Gasteiger partial charge on any atom is 0.327 e. The van der Waals surface area contributed by atoms with E-state index in [1.165, 1.54) is 6.33 Å². The van der Waals surface area contributed by atoms with E-state index in [1.807, 2.05) is 13.8 Å². The van der Waals surface area contributed by atoms with Gasteiger partial charge in [-0.1, -0.05) is 13.8 Å². The third-order valence-corrected chi connectivity index (χ3v) is 2.39. The minimum absolute atomic E-state index is 0.0404. The van der Waals surface area contributed by atoms with Gasteiger partial charge < -0.3 is 14.8 Å². The molecule has 1 aromatic heterocycles. The Morgan fingerprint density at radius 2 is 2.25 bits per heavy atom. The monoisotopic (exact) mass is 227 g/mol. The molecule has 0 fully saturated rings. The molecule has 1 aromatic rings. The van der Waals surface area contributed by atoms with Gasteiger partial charge in [0.05, 0.1) is 0 Å². The molecule has 0 saturated carbocycles. The minimum Gasteiger partial charge on any atom is -0.480 e. The fourth-order valence-corrected chi connectivity index (χ4v) is 1.64. The van der Waals surface area contributed by atoms with Crippen molar-refractivity contribution >= 4 is 5.97 Å². The first kappa shape index (κ1) is 12.6. The Labute approximate surface area is 93.9 Å². The molecule has 0 amide bonds. The van der Waals surface area contributed by atoms with E-state index < -0.39 is 12.0 Å². The van der Waals surface area contributed by atoms with Crippen LogP contribution in [0.5, 0.6) is 0 Å². The molecule has 1 heterocycles. The van der Waals surface area contributed by atoms with Crippen LogP contribution in [0.1, 0.15) is 32.1 Å². The van der Waals surface area contributed by atoms with E-state index in [2.05, 4.69) is 10.2 Å². The molecule has 2 N–H and O–H groups in total. The van der Waals surface area contributed by atoms with Crippen molar-refractivity contribution in [1.29, 1.82) is 0 Å². The summed E-state index contributed by atoms with van der Waals surface area (Å²) < 4.78 is 1.57. The van der Waals surface area contributed by atoms with Gasteiger partial charge in [-0.15, -0.1) is 10.2 Å². The number of hydrogen-bond donors (Lipinski definition) is 2. The van der Waals surface area contributed by atoms with Crippen molar-refractivity contribution < 1.29 is 15.0 Å². The first-order chi connectivity index (χ1) is 7.57. The second-order valence-electron chi connectivity index (χ2n) is 4.01. The molecule has 0 aliphatic rings. The average Bonchev–Trinajstić information content (AvgIpc) is 2.62. The Morgan fingerprint density at radius 3 is 2.75 bits per heavy atom. The number of hydrogen-bond acceptors (Lipinski definition) is 4. The predicted octanol–water partition coefficient (Wildman–Crippen LogP) is 0.485. The number of aryl methyl sites for hydroxylation is 1. The predicted molar refractivity (Wildman–Crippen MR) is 56.9 cm³/mol. The Bertz CT molecular complexity index is 349. The van der Waals surface area contributed by atoms with E-state index >= 15 is 0 Å². The summed E-state index contributed by atoms with van der Waals surface area (Å²) in [5.74, 6) is -0.323. The summed E-state index contributed by atoms with van der Waals surface area (Å²) in [5, 5.41) is 25.5. The molecule has 0 aromatic carbocycles. The molecule has 6 heteroatoms. The van der Waals surface area contributed by atoms with Crippen LogP contribution in [0.3, 0.4) is 0 Å². The van der Waals surface area contributed by atoms with Crippen LogP contribution in [-0.2, 0) is 11.2 Å². The van der Waals surface area contributed by atoms with E-state index in [1.54, 1.807) is 4.57 Å². The quantitative estimate of drug-likeness (QED) is 0.738. The summed E-state index contributed by atoms with van der Waals surface area (Å²) in [4.78, 5) is 11.1. The fraction of sp³-hybridized carbons (Fsp3) is 0.700. The van der Waals surface area contributed by atoms with E-state index in [-0.39, 0.29) is 12.5 Å². The zero-order valence-corrected chi connectivity index (χ0v) is 9.50. The standard InChI is InChI=1S/C10H17N3O3/c1-7(2)9(10(15)16)13-6-11-12-8(13)4-3-5-14/h6-7,9,14H,3-5H2,1-2H3,(H,15,16). The lowest BCUT2D eigenvalue weighted by molar-refractivity contribution is -0.142. The van der Waals surface area contributed by atoms with Gasteiger partial charge in [0, 0.05) is 13.0 Å². The molecule has 0 spiro atoms. The second-order valence-corrected chi connectivity index (χ2v) is 4.01. The van der Waals surface area contributed by atoms with Crippen molar-refractivity contribution in [2.45, 2.75) is 32.7 Å². The molecule has 6 nitrogen and oxygen atoms in total. The van der Waals surface area contributed by atoms with Crippen molar-refractivity contribution in [3.05, 3.63) is 12.2 Å². The molecular weight excluding hydrogens is 210 g/mol. The van der Waals surface area contributed by atoms with Crippen LogP contribution in [-0.4, -0.2) is 37.6 Å². The highest BCUT2D eigenvalue weighted by Crippen LogP contribution is 2.19. The van der Waals surface area contributed by atoms with Crippen molar-refractivity contribution in [2.75, 3.05) is 6.61 Å². The van der Waals surface area contributed by atoms with Gasteiger partial charge in [-0.3, -0.25) is 0 Å². The van der Waals surface area contributed by atoms with Gasteiger partial charge in [0.25, 0.3) is 0 Å². The molecule has 90 valence electrons. The van der Waals surface area contributed by atoms with E-state index in [0.717, 1.165) is 0 Å². The van der Waals surface area contributed by atoms with Crippen molar-refractivity contribution in [2.24, 2.45) is 5.92 Å². The van der Waals surface area contributed by atoms with E-state index in [9.17, 15) is 4.79 Å². The highest BCUT2D eigenvalue weighted by molar-refractivity contribution is 5.72. The van der Waals surface area contributed by atoms with Gasteiger partial charge in [-0.05, 0) is 12.3 Å². The highest BCUT2D eigenvalue weighted by Gasteiger charge is 2.25. The zero-order valence-electron chi connectivity index (χ0n) is 9.50. The number of aliphatic hydroxyl groups excluding tert-OH is 1. The highest BCUT2D eigenvalue weighted by atomic mass is 16.4. The Kier molecular flexibility index (Phi) is 4.42. The van der Waals surface area contributed by atoms with Gasteiger partial charge in [-0.2, -0.15) is 0 Å². The summed E-state index contributed by atoms with van der Waals surface area (Å²) in [5.41, 5.74) is 0. The molecule has 0 radical (unpaired) electrons. The first-order valence-electron chi connectivity index (χ1n) is 5.30. The lowest BCUT2D eigenvalue weighted by atomic mass is 10.0. The van der Waals surface area contributed by atoms with Gasteiger partial charge in [-0.25, -0.2) is 4.79 Å². The summed E-state index contributed by atoms with van der Waals surface area (Å²) in [6.07, 6.45) is 2.53. The molecule has 1 rings (SSSR count). The fourth-order valence-electron chi connectivity index (χ4n) is 1.64. The van der Waals surface area contributed by atoms with Crippen LogP contribution >= 0.6 is 0 Å². The van der Waals surface area contributed by atoms with Gasteiger partial charge in [0.1, 0.15) is 18.2 Å². The Morgan fingerprint density at radius 1 is 1.56 bits per heavy atom. The summed E-state index contributed by atoms with van der Waals surface area (Å²) in [7, 11) is 0. The first-order valence-corrected chi connectivity index (χ1v) is 5.30. The van der Waals surface area contributed by atoms with Gasteiger partial charge in [0.2, 0.25) is 0 Å². The summed E-state index contributed by atoms with van der Waals surface area (Å²) in [6, 6.07) is -0.649. The van der Waals surface area contributed by atoms with Crippen LogP contribution in [0.25, 0.3) is 0 Å². The number of nitrogens with zero attached hydrogens (tertiary/aromatic N) is 3. The molecule has 16 heavy (non-hydrogen) atoms. The molecule has 0 bridgehead atoms. The second kappa shape index (κ2) is 5.60. The lowest BCUT2D eigenvalue weighted by Crippen LogP contribution is -2.25. The largest absolute Gasteiger partial charge is 0.480 e. The van der Waals surface area contributed by atoms with Crippen LogP contribution in [0.2, 0.25) is 0 Å². The van der Waals surface area contributed by atoms with Crippen LogP contribution < -0.4 is 0 Å². The molecule has 0 saturated heterocycles. The third kappa shape index (κ3) is 2.79. The summed E-state index contributed by atoms with van der Waals surface area (Å²) in [6.45, 7) is 3.75. The van der Waals surface area contributed by atoms with Crippen molar-refractivity contribution in [3.8, 4) is 0 Å². The van der Waals surface area contributed by atoms with Gasteiger partial charge in [0.15, 0.2) is 0 Å². The molecule has 1 atom stereocenters. The molecule has 0 aliphatic heterocycles. The lowest BCUT2D eigenvalue weighted by Gasteiger charge is -2.19. The number of carboxylic acids is 1. The zero-order chi connectivity index (χ0) is 12.1. The van der Waals surface area contributed by atoms with Crippen LogP contribution in [0.4, 0.5) is 0 Å². The normalized spacial score (nSPS) is 13.0. The van der Waals surface area contributed by atoms with Crippen LogP contribution in [0.15, 0.2) is 6.33 Å². The number of aliphatic carboxylic acids is 1. The van der Waals surface area contributed by atoms with E-state index in [0.29, 0.717) is 18.7 Å². The smallest absolute Gasteiger partial charge is 0.327 e.